The molecule has 1 saturated heterocycles. The molecule has 0 unspecified atom stereocenters. The number of piperidine rings is 1. The maximum Gasteiger partial charge on any atom is 0.328 e. The van der Waals surface area contributed by atoms with Gasteiger partial charge in [-0.2, -0.15) is 0 Å². The lowest BCUT2D eigenvalue weighted by Gasteiger charge is -2.32. The van der Waals surface area contributed by atoms with E-state index in [0.717, 1.165) is 42.7 Å². The maximum absolute atomic E-state index is 15.0. The highest BCUT2D eigenvalue weighted by Gasteiger charge is 2.20. The van der Waals surface area contributed by atoms with E-state index in [1.165, 1.54) is 0 Å². The van der Waals surface area contributed by atoms with Crippen molar-refractivity contribution in [3.63, 3.8) is 0 Å². The van der Waals surface area contributed by atoms with Gasteiger partial charge in [0, 0.05) is 44.6 Å². The Kier molecular flexibility index (Phi) is 4.98. The standard InChI is InChI=1S/C22H27FN4O2/c1-14-7-9-27(10-8-14)16-12-17(23)21(20(13-16)29-4)24-15-5-6-18-19(11-15)26(3)22(28)25(18)2/h5-6,11-14,24H,7-10H2,1-4H3. The van der Waals surface area contributed by atoms with Crippen LogP contribution >= 0.6 is 0 Å². The van der Waals surface area contributed by atoms with Gasteiger partial charge in [-0.25, -0.2) is 9.18 Å². The normalized spacial score (nSPS) is 15.1. The van der Waals surface area contributed by atoms with E-state index in [1.807, 2.05) is 24.3 Å². The predicted octanol–water partition coefficient (Wildman–Crippen LogP) is 4.00. The van der Waals surface area contributed by atoms with Gasteiger partial charge in [-0.3, -0.25) is 9.13 Å². The van der Waals surface area contributed by atoms with Crippen molar-refractivity contribution in [3.8, 4) is 5.75 Å². The number of hydrogen-bond acceptors (Lipinski definition) is 4. The predicted molar refractivity (Wildman–Crippen MR) is 115 cm³/mol. The van der Waals surface area contributed by atoms with Gasteiger partial charge in [0.2, 0.25) is 0 Å². The zero-order valence-corrected chi connectivity index (χ0v) is 17.3. The molecule has 0 bridgehead atoms. The molecule has 0 atom stereocenters. The van der Waals surface area contributed by atoms with Crippen LogP contribution in [0.25, 0.3) is 11.0 Å². The van der Waals surface area contributed by atoms with E-state index in [-0.39, 0.29) is 11.5 Å². The SMILES string of the molecule is COc1cc(N2CCC(C)CC2)cc(F)c1Nc1ccc2c(c1)n(C)c(=O)n2C. The van der Waals surface area contributed by atoms with Crippen LogP contribution in [-0.2, 0) is 14.1 Å². The summed E-state index contributed by atoms with van der Waals surface area (Å²) in [7, 11) is 5.01. The Hall–Kier alpha value is -2.96. The summed E-state index contributed by atoms with van der Waals surface area (Å²) in [6.07, 6.45) is 2.22. The van der Waals surface area contributed by atoms with Gasteiger partial charge in [0.15, 0.2) is 5.82 Å². The number of fused-ring (bicyclic) bond motifs is 1. The quantitative estimate of drug-likeness (QED) is 0.722. The minimum absolute atomic E-state index is 0.0962. The molecular weight excluding hydrogens is 371 g/mol. The first-order valence-electron chi connectivity index (χ1n) is 9.94. The molecule has 0 aliphatic carbocycles. The largest absolute Gasteiger partial charge is 0.494 e. The van der Waals surface area contributed by atoms with Crippen LogP contribution in [-0.4, -0.2) is 29.3 Å². The Morgan fingerprint density at radius 2 is 1.76 bits per heavy atom. The van der Waals surface area contributed by atoms with Crippen LogP contribution < -0.4 is 20.6 Å². The fourth-order valence-corrected chi connectivity index (χ4v) is 4.03. The summed E-state index contributed by atoms with van der Waals surface area (Å²) in [5.41, 5.74) is 3.34. The smallest absolute Gasteiger partial charge is 0.328 e. The number of aryl methyl sites for hydroxylation is 2. The minimum atomic E-state index is -0.361. The molecule has 2 aromatic carbocycles. The summed E-state index contributed by atoms with van der Waals surface area (Å²) in [4.78, 5) is 14.4. The average molecular weight is 398 g/mol. The molecule has 7 heteroatoms. The first-order chi connectivity index (χ1) is 13.9. The van der Waals surface area contributed by atoms with E-state index in [0.29, 0.717) is 23.0 Å². The van der Waals surface area contributed by atoms with Gasteiger partial charge in [-0.1, -0.05) is 6.92 Å². The Balaban J connectivity index is 1.67. The van der Waals surface area contributed by atoms with Crippen LogP contribution in [0.4, 0.5) is 21.5 Å². The number of aromatic nitrogens is 2. The first kappa shape index (κ1) is 19.4. The van der Waals surface area contributed by atoms with Crippen molar-refractivity contribution in [2.45, 2.75) is 19.8 Å². The van der Waals surface area contributed by atoms with Crippen molar-refractivity contribution in [1.29, 1.82) is 0 Å². The molecule has 1 aliphatic rings. The number of anilines is 3. The van der Waals surface area contributed by atoms with E-state index < -0.39 is 0 Å². The van der Waals surface area contributed by atoms with Crippen molar-refractivity contribution in [2.24, 2.45) is 20.0 Å². The summed E-state index contributed by atoms with van der Waals surface area (Å²) in [5.74, 6) is 0.809. The van der Waals surface area contributed by atoms with Crippen molar-refractivity contribution in [3.05, 3.63) is 46.6 Å². The topological polar surface area (TPSA) is 51.4 Å². The lowest BCUT2D eigenvalue weighted by molar-refractivity contribution is 0.412. The third-order valence-corrected chi connectivity index (χ3v) is 5.95. The number of ether oxygens (including phenoxy) is 1. The zero-order valence-electron chi connectivity index (χ0n) is 17.3. The number of nitrogens with one attached hydrogen (secondary N) is 1. The highest BCUT2D eigenvalue weighted by molar-refractivity contribution is 5.82. The van der Waals surface area contributed by atoms with Crippen LogP contribution in [0.2, 0.25) is 0 Å². The van der Waals surface area contributed by atoms with Crippen LogP contribution in [0, 0.1) is 11.7 Å². The van der Waals surface area contributed by atoms with Gasteiger partial charge in [-0.05, 0) is 43.0 Å². The van der Waals surface area contributed by atoms with Crippen LogP contribution in [0.1, 0.15) is 19.8 Å². The zero-order chi connectivity index (χ0) is 20.7. The molecule has 1 fully saturated rings. The van der Waals surface area contributed by atoms with Crippen molar-refractivity contribution >= 4 is 28.1 Å². The molecule has 6 nitrogen and oxygen atoms in total. The molecule has 154 valence electrons. The third-order valence-electron chi connectivity index (χ3n) is 5.95. The van der Waals surface area contributed by atoms with Crippen molar-refractivity contribution < 1.29 is 9.13 Å². The summed E-state index contributed by atoms with van der Waals surface area (Å²) in [5, 5.41) is 3.13. The van der Waals surface area contributed by atoms with E-state index in [9.17, 15) is 4.79 Å². The Morgan fingerprint density at radius 3 is 2.45 bits per heavy atom. The van der Waals surface area contributed by atoms with Crippen molar-refractivity contribution in [2.75, 3.05) is 30.4 Å². The fraction of sp³-hybridized carbons (Fsp3) is 0.409. The number of methoxy groups -OCH3 is 1. The number of benzene rings is 2. The third kappa shape index (κ3) is 3.45. The second-order valence-electron chi connectivity index (χ2n) is 7.90. The second-order valence-corrected chi connectivity index (χ2v) is 7.90. The lowest BCUT2D eigenvalue weighted by Crippen LogP contribution is -2.32. The highest BCUT2D eigenvalue weighted by atomic mass is 19.1. The molecule has 0 radical (unpaired) electrons. The van der Waals surface area contributed by atoms with E-state index in [1.54, 1.807) is 36.4 Å². The average Bonchev–Trinajstić information content (AvgIpc) is 2.93. The molecule has 2 heterocycles. The number of hydrogen-bond donors (Lipinski definition) is 1. The summed E-state index contributed by atoms with van der Waals surface area (Å²) >= 11 is 0. The van der Waals surface area contributed by atoms with Gasteiger partial charge in [-0.15, -0.1) is 0 Å². The van der Waals surface area contributed by atoms with Gasteiger partial charge in [0.25, 0.3) is 0 Å². The highest BCUT2D eigenvalue weighted by Crippen LogP contribution is 2.36. The summed E-state index contributed by atoms with van der Waals surface area (Å²) in [6.45, 7) is 4.11. The second kappa shape index (κ2) is 7.46. The monoisotopic (exact) mass is 398 g/mol. The molecule has 0 amide bonds. The van der Waals surface area contributed by atoms with E-state index >= 15 is 4.39 Å². The minimum Gasteiger partial charge on any atom is -0.494 e. The molecule has 29 heavy (non-hydrogen) atoms. The van der Waals surface area contributed by atoms with Crippen LogP contribution in [0.15, 0.2) is 35.1 Å². The Morgan fingerprint density at radius 1 is 1.07 bits per heavy atom. The molecule has 4 rings (SSSR count). The molecule has 1 N–H and O–H groups in total. The van der Waals surface area contributed by atoms with Gasteiger partial charge < -0.3 is 15.0 Å². The number of rotatable bonds is 4. The van der Waals surface area contributed by atoms with E-state index in [4.69, 9.17) is 4.74 Å². The van der Waals surface area contributed by atoms with Gasteiger partial charge >= 0.3 is 5.69 Å². The number of imidazole rings is 1. The first-order valence-corrected chi connectivity index (χ1v) is 9.94. The number of nitrogens with zero attached hydrogens (tertiary/aromatic N) is 3. The fourth-order valence-electron chi connectivity index (χ4n) is 4.03. The molecule has 0 saturated carbocycles. The van der Waals surface area contributed by atoms with Crippen LogP contribution in [0.5, 0.6) is 5.75 Å². The van der Waals surface area contributed by atoms with Gasteiger partial charge in [0.1, 0.15) is 11.4 Å². The summed E-state index contributed by atoms with van der Waals surface area (Å²) in [6, 6.07) is 8.98. The Bertz CT molecular complexity index is 1110. The Labute approximate surface area is 169 Å². The van der Waals surface area contributed by atoms with Gasteiger partial charge in [0.05, 0.1) is 18.1 Å². The molecular formula is C22H27FN4O2. The lowest BCUT2D eigenvalue weighted by atomic mass is 9.99. The molecule has 1 aliphatic heterocycles. The molecule has 3 aromatic rings. The van der Waals surface area contributed by atoms with Crippen LogP contribution in [0.3, 0.4) is 0 Å². The van der Waals surface area contributed by atoms with Crippen molar-refractivity contribution in [1.82, 2.24) is 9.13 Å². The summed E-state index contributed by atoms with van der Waals surface area (Å²) < 4.78 is 23.7. The maximum atomic E-state index is 15.0. The number of halogens is 1. The molecule has 0 spiro atoms. The molecule has 1 aromatic heterocycles. The van der Waals surface area contributed by atoms with E-state index in [2.05, 4.69) is 17.1 Å².